The minimum atomic E-state index is -0.505. The molecule has 2 N–H and O–H groups in total. The Morgan fingerprint density at radius 3 is 2.43 bits per heavy atom. The van der Waals surface area contributed by atoms with Crippen LogP contribution in [0.2, 0.25) is 5.02 Å². The van der Waals surface area contributed by atoms with Gasteiger partial charge in [-0.05, 0) is 49.7 Å². The zero-order valence-corrected chi connectivity index (χ0v) is 16.3. The number of rotatable bonds is 4. The van der Waals surface area contributed by atoms with Crippen molar-refractivity contribution in [2.45, 2.75) is 26.4 Å². The van der Waals surface area contributed by atoms with Gasteiger partial charge in [0, 0.05) is 10.7 Å². The van der Waals surface area contributed by atoms with Gasteiger partial charge in [0.15, 0.2) is 5.65 Å². The molecule has 0 fully saturated rings. The standard InChI is InChI=1S/C21H19ClN4O2/c1-3-12(2)28-21(27)17-18-20(25-16-7-5-4-6-15(16)24-18)26(19(17)23)14-10-8-13(22)9-11-14/h4-12H,3,23H2,1-2H3/t12-/m1/s1. The molecule has 0 bridgehead atoms. The Balaban J connectivity index is 2.02. The summed E-state index contributed by atoms with van der Waals surface area (Å²) in [5.41, 5.74) is 9.68. The van der Waals surface area contributed by atoms with Crippen LogP contribution in [0, 0.1) is 0 Å². The molecule has 4 aromatic rings. The molecular weight excluding hydrogens is 376 g/mol. The second-order valence-corrected chi connectivity index (χ2v) is 7.02. The first kappa shape index (κ1) is 18.3. The number of nitrogens with two attached hydrogens (primary N) is 1. The van der Waals surface area contributed by atoms with Gasteiger partial charge in [-0.25, -0.2) is 14.8 Å². The second-order valence-electron chi connectivity index (χ2n) is 6.58. The molecule has 0 unspecified atom stereocenters. The van der Waals surface area contributed by atoms with Gasteiger partial charge in [0.05, 0.1) is 17.1 Å². The molecule has 0 aliphatic heterocycles. The summed E-state index contributed by atoms with van der Waals surface area (Å²) in [5.74, 6) is -0.268. The lowest BCUT2D eigenvalue weighted by atomic mass is 10.2. The molecule has 0 amide bonds. The van der Waals surface area contributed by atoms with Crippen LogP contribution < -0.4 is 5.73 Å². The summed E-state index contributed by atoms with van der Waals surface area (Å²) in [6, 6.07) is 14.6. The van der Waals surface area contributed by atoms with E-state index in [4.69, 9.17) is 27.1 Å². The molecule has 142 valence electrons. The minimum Gasteiger partial charge on any atom is -0.459 e. The van der Waals surface area contributed by atoms with Crippen LogP contribution in [0.1, 0.15) is 30.6 Å². The highest BCUT2D eigenvalue weighted by Crippen LogP contribution is 2.32. The number of para-hydroxylation sites is 2. The number of fused-ring (bicyclic) bond motifs is 2. The third-order valence-corrected chi connectivity index (χ3v) is 4.92. The second kappa shape index (κ2) is 7.13. The van der Waals surface area contributed by atoms with E-state index in [9.17, 15) is 4.79 Å². The Labute approximate surface area is 166 Å². The monoisotopic (exact) mass is 394 g/mol. The summed E-state index contributed by atoms with van der Waals surface area (Å²) >= 11 is 6.02. The summed E-state index contributed by atoms with van der Waals surface area (Å²) in [5, 5.41) is 0.603. The number of hydrogen-bond donors (Lipinski definition) is 1. The third kappa shape index (κ3) is 3.05. The van der Waals surface area contributed by atoms with E-state index < -0.39 is 5.97 Å². The molecule has 6 nitrogen and oxygen atoms in total. The molecule has 1 atom stereocenters. The van der Waals surface area contributed by atoms with Crippen LogP contribution in [0.3, 0.4) is 0 Å². The third-order valence-electron chi connectivity index (χ3n) is 4.67. The van der Waals surface area contributed by atoms with Gasteiger partial charge in [0.2, 0.25) is 0 Å². The predicted molar refractivity (Wildman–Crippen MR) is 111 cm³/mol. The fourth-order valence-electron chi connectivity index (χ4n) is 3.04. The van der Waals surface area contributed by atoms with Crippen LogP contribution in [0.4, 0.5) is 5.82 Å². The van der Waals surface area contributed by atoms with Crippen molar-refractivity contribution in [3.63, 3.8) is 0 Å². The summed E-state index contributed by atoms with van der Waals surface area (Å²) < 4.78 is 7.24. The van der Waals surface area contributed by atoms with E-state index in [1.54, 1.807) is 16.7 Å². The minimum absolute atomic E-state index is 0.225. The van der Waals surface area contributed by atoms with Crippen molar-refractivity contribution in [3.05, 3.63) is 59.1 Å². The number of ether oxygens (including phenoxy) is 1. The van der Waals surface area contributed by atoms with Gasteiger partial charge in [-0.1, -0.05) is 30.7 Å². The summed E-state index contributed by atoms with van der Waals surface area (Å²) in [7, 11) is 0. The zero-order chi connectivity index (χ0) is 19.8. The Bertz CT molecular complexity index is 1180. The van der Waals surface area contributed by atoms with E-state index in [1.807, 2.05) is 50.2 Å². The Hall–Kier alpha value is -3.12. The first-order chi connectivity index (χ1) is 13.5. The topological polar surface area (TPSA) is 83.0 Å². The maximum atomic E-state index is 12.9. The fourth-order valence-corrected chi connectivity index (χ4v) is 3.17. The molecule has 0 saturated heterocycles. The van der Waals surface area contributed by atoms with E-state index in [0.717, 1.165) is 5.69 Å². The Morgan fingerprint density at radius 1 is 1.14 bits per heavy atom. The number of esters is 1. The molecule has 0 radical (unpaired) electrons. The molecule has 4 rings (SSSR count). The maximum Gasteiger partial charge on any atom is 0.344 e. The van der Waals surface area contributed by atoms with Gasteiger partial charge < -0.3 is 10.5 Å². The molecule has 2 heterocycles. The largest absolute Gasteiger partial charge is 0.459 e. The molecular formula is C21H19ClN4O2. The average Bonchev–Trinajstić information content (AvgIpc) is 2.97. The molecule has 0 spiro atoms. The molecule has 28 heavy (non-hydrogen) atoms. The van der Waals surface area contributed by atoms with Crippen LogP contribution in [-0.2, 0) is 4.74 Å². The number of benzene rings is 2. The lowest BCUT2D eigenvalue weighted by Gasteiger charge is -2.11. The van der Waals surface area contributed by atoms with Crippen molar-refractivity contribution in [2.75, 3.05) is 5.73 Å². The number of carbonyl (C=O) groups is 1. The van der Waals surface area contributed by atoms with E-state index in [0.29, 0.717) is 33.6 Å². The smallest absolute Gasteiger partial charge is 0.344 e. The highest BCUT2D eigenvalue weighted by Gasteiger charge is 2.26. The number of nitrogens with zero attached hydrogens (tertiary/aromatic N) is 3. The molecule has 0 aliphatic carbocycles. The van der Waals surface area contributed by atoms with Gasteiger partial charge in [-0.3, -0.25) is 4.57 Å². The number of anilines is 1. The maximum absolute atomic E-state index is 12.9. The number of aromatic nitrogens is 3. The molecule has 0 aliphatic rings. The summed E-state index contributed by atoms with van der Waals surface area (Å²) in [6.07, 6.45) is 0.477. The van der Waals surface area contributed by atoms with Crippen molar-refractivity contribution in [1.82, 2.24) is 14.5 Å². The molecule has 2 aromatic heterocycles. The number of hydrogen-bond acceptors (Lipinski definition) is 5. The van der Waals surface area contributed by atoms with Crippen molar-refractivity contribution in [2.24, 2.45) is 0 Å². The number of halogens is 1. The fraction of sp³-hybridized carbons (Fsp3) is 0.190. The highest BCUT2D eigenvalue weighted by atomic mass is 35.5. The Kier molecular flexibility index (Phi) is 4.65. The van der Waals surface area contributed by atoms with Gasteiger partial charge in [-0.15, -0.1) is 0 Å². The quantitative estimate of drug-likeness (QED) is 0.504. The number of carbonyl (C=O) groups excluding carboxylic acids is 1. The van der Waals surface area contributed by atoms with E-state index >= 15 is 0 Å². The van der Waals surface area contributed by atoms with Gasteiger partial charge in [0.25, 0.3) is 0 Å². The normalized spacial score (nSPS) is 12.4. The van der Waals surface area contributed by atoms with E-state index in [-0.39, 0.29) is 17.5 Å². The van der Waals surface area contributed by atoms with E-state index in [2.05, 4.69) is 4.98 Å². The van der Waals surface area contributed by atoms with E-state index in [1.165, 1.54) is 0 Å². The first-order valence-corrected chi connectivity index (χ1v) is 9.41. The first-order valence-electron chi connectivity index (χ1n) is 9.03. The molecule has 7 heteroatoms. The van der Waals surface area contributed by atoms with Gasteiger partial charge in [0.1, 0.15) is 16.9 Å². The van der Waals surface area contributed by atoms with Gasteiger partial charge in [-0.2, -0.15) is 0 Å². The van der Waals surface area contributed by atoms with Crippen molar-refractivity contribution in [3.8, 4) is 5.69 Å². The summed E-state index contributed by atoms with van der Waals surface area (Å²) in [6.45, 7) is 3.79. The van der Waals surface area contributed by atoms with Crippen LogP contribution >= 0.6 is 11.6 Å². The van der Waals surface area contributed by atoms with Crippen molar-refractivity contribution < 1.29 is 9.53 Å². The van der Waals surface area contributed by atoms with Gasteiger partial charge >= 0.3 is 5.97 Å². The number of nitrogen functional groups attached to an aromatic ring is 1. The highest BCUT2D eigenvalue weighted by molar-refractivity contribution is 6.30. The van der Waals surface area contributed by atoms with Crippen LogP contribution in [0.25, 0.3) is 27.9 Å². The predicted octanol–water partition coefficient (Wildman–Crippen LogP) is 4.76. The lowest BCUT2D eigenvalue weighted by Crippen LogP contribution is -2.15. The summed E-state index contributed by atoms with van der Waals surface area (Å²) in [4.78, 5) is 22.3. The Morgan fingerprint density at radius 2 is 1.79 bits per heavy atom. The average molecular weight is 395 g/mol. The van der Waals surface area contributed by atoms with Crippen LogP contribution in [-0.4, -0.2) is 26.6 Å². The van der Waals surface area contributed by atoms with Crippen LogP contribution in [0.5, 0.6) is 0 Å². The van der Waals surface area contributed by atoms with Crippen molar-refractivity contribution >= 4 is 45.6 Å². The SMILES string of the molecule is CC[C@@H](C)OC(=O)c1c(N)n(-c2ccc(Cl)cc2)c2nc3ccccc3nc12. The zero-order valence-electron chi connectivity index (χ0n) is 15.5. The molecule has 0 saturated carbocycles. The van der Waals surface area contributed by atoms with Crippen LogP contribution in [0.15, 0.2) is 48.5 Å². The lowest BCUT2D eigenvalue weighted by molar-refractivity contribution is 0.0338. The molecule has 2 aromatic carbocycles. The van der Waals surface area contributed by atoms with Crippen molar-refractivity contribution in [1.29, 1.82) is 0 Å².